The van der Waals surface area contributed by atoms with Crippen molar-refractivity contribution < 1.29 is 8.42 Å². The first-order valence-corrected chi connectivity index (χ1v) is 12.0. The number of nitrogen functional groups attached to an aromatic ring is 1. The van der Waals surface area contributed by atoms with E-state index >= 15 is 0 Å². The number of fused-ring (bicyclic) bond motifs is 3. The molecule has 0 atom stereocenters. The largest absolute Gasteiger partial charge is 0.382 e. The maximum absolute atomic E-state index is 12.7. The van der Waals surface area contributed by atoms with Gasteiger partial charge in [0.25, 0.3) is 0 Å². The first-order valence-electron chi connectivity index (χ1n) is 10.3. The van der Waals surface area contributed by atoms with Gasteiger partial charge in [0.2, 0.25) is 0 Å². The van der Waals surface area contributed by atoms with Crippen LogP contribution in [0.3, 0.4) is 0 Å². The Labute approximate surface area is 176 Å². The number of nitrogens with zero attached hydrogens (tertiary/aromatic N) is 3. The SMILES string of the molecule is CCCCn1nc2c(N)nc3ccccc3c2c1CCCS(=O)(=O)c1ccccc1. The van der Waals surface area contributed by atoms with Gasteiger partial charge in [-0.2, -0.15) is 5.10 Å². The molecule has 30 heavy (non-hydrogen) atoms. The third-order valence-electron chi connectivity index (χ3n) is 5.37. The average molecular weight is 423 g/mol. The molecule has 0 aliphatic rings. The molecule has 2 aromatic carbocycles. The molecule has 0 spiro atoms. The van der Waals surface area contributed by atoms with Crippen LogP contribution < -0.4 is 5.73 Å². The van der Waals surface area contributed by atoms with Crippen LogP contribution in [0.2, 0.25) is 0 Å². The highest BCUT2D eigenvalue weighted by molar-refractivity contribution is 7.91. The molecule has 0 radical (unpaired) electrons. The van der Waals surface area contributed by atoms with E-state index in [0.717, 1.165) is 41.4 Å². The second kappa shape index (κ2) is 8.44. The minimum atomic E-state index is -3.31. The van der Waals surface area contributed by atoms with Crippen LogP contribution in [0.25, 0.3) is 21.8 Å². The van der Waals surface area contributed by atoms with E-state index in [2.05, 4.69) is 11.9 Å². The molecule has 0 unspecified atom stereocenters. The summed E-state index contributed by atoms with van der Waals surface area (Å²) in [5, 5.41) is 6.75. The Kier molecular flexibility index (Phi) is 5.72. The van der Waals surface area contributed by atoms with Crippen molar-refractivity contribution in [1.82, 2.24) is 14.8 Å². The van der Waals surface area contributed by atoms with Gasteiger partial charge in [-0.25, -0.2) is 13.4 Å². The summed E-state index contributed by atoms with van der Waals surface area (Å²) in [6.45, 7) is 2.92. The minimum absolute atomic E-state index is 0.0932. The number of unbranched alkanes of at least 4 members (excludes halogenated alkanes) is 1. The zero-order valence-electron chi connectivity index (χ0n) is 17.1. The number of aromatic nitrogens is 3. The van der Waals surface area contributed by atoms with Crippen molar-refractivity contribution in [2.75, 3.05) is 11.5 Å². The van der Waals surface area contributed by atoms with E-state index in [-0.39, 0.29) is 5.75 Å². The summed E-state index contributed by atoms with van der Waals surface area (Å²) in [6.07, 6.45) is 3.17. The molecule has 156 valence electrons. The predicted octanol–water partition coefficient (Wildman–Crippen LogP) is 4.37. The fraction of sp³-hybridized carbons (Fsp3) is 0.304. The summed E-state index contributed by atoms with van der Waals surface area (Å²) < 4.78 is 27.4. The zero-order valence-corrected chi connectivity index (χ0v) is 17.9. The van der Waals surface area contributed by atoms with Crippen molar-refractivity contribution in [3.8, 4) is 0 Å². The Hall–Kier alpha value is -2.93. The number of anilines is 1. The van der Waals surface area contributed by atoms with Crippen LogP contribution in [0.15, 0.2) is 59.5 Å². The van der Waals surface area contributed by atoms with Gasteiger partial charge in [-0.1, -0.05) is 49.7 Å². The number of rotatable bonds is 8. The fourth-order valence-electron chi connectivity index (χ4n) is 3.85. The normalized spacial score (nSPS) is 12.0. The van der Waals surface area contributed by atoms with Gasteiger partial charge in [-0.3, -0.25) is 4.68 Å². The number of para-hydroxylation sites is 1. The van der Waals surface area contributed by atoms with Crippen LogP contribution in [-0.2, 0) is 22.8 Å². The highest BCUT2D eigenvalue weighted by Gasteiger charge is 2.19. The molecule has 0 fully saturated rings. The van der Waals surface area contributed by atoms with Gasteiger partial charge in [0.1, 0.15) is 5.52 Å². The Morgan fingerprint density at radius 1 is 1.00 bits per heavy atom. The number of hydrogen-bond donors (Lipinski definition) is 1. The number of aryl methyl sites for hydroxylation is 2. The van der Waals surface area contributed by atoms with E-state index in [1.54, 1.807) is 24.3 Å². The average Bonchev–Trinajstić information content (AvgIpc) is 3.12. The fourth-order valence-corrected chi connectivity index (χ4v) is 5.18. The molecule has 2 aromatic heterocycles. The molecule has 0 aliphatic heterocycles. The van der Waals surface area contributed by atoms with Crippen LogP contribution in [0.1, 0.15) is 31.9 Å². The van der Waals surface area contributed by atoms with Crippen LogP contribution in [-0.4, -0.2) is 28.9 Å². The molecular weight excluding hydrogens is 396 g/mol. The van der Waals surface area contributed by atoms with Gasteiger partial charge in [-0.05, 0) is 37.5 Å². The Bertz CT molecular complexity index is 1280. The number of hydrogen-bond acceptors (Lipinski definition) is 5. The highest BCUT2D eigenvalue weighted by Crippen LogP contribution is 2.31. The molecule has 4 rings (SSSR count). The summed E-state index contributed by atoms with van der Waals surface area (Å²) in [5.41, 5.74) is 8.79. The highest BCUT2D eigenvalue weighted by atomic mass is 32.2. The van der Waals surface area contributed by atoms with Crippen molar-refractivity contribution in [2.45, 2.75) is 44.0 Å². The smallest absolute Gasteiger partial charge is 0.178 e. The van der Waals surface area contributed by atoms with Crippen LogP contribution in [0, 0.1) is 0 Å². The second-order valence-corrected chi connectivity index (χ2v) is 9.61. The van der Waals surface area contributed by atoms with Gasteiger partial charge in [-0.15, -0.1) is 0 Å². The number of nitrogens with two attached hydrogens (primary N) is 1. The van der Waals surface area contributed by atoms with Gasteiger partial charge >= 0.3 is 0 Å². The van der Waals surface area contributed by atoms with Crippen molar-refractivity contribution in [3.05, 3.63) is 60.3 Å². The second-order valence-electron chi connectivity index (χ2n) is 7.50. The Morgan fingerprint density at radius 3 is 2.50 bits per heavy atom. The number of benzene rings is 2. The lowest BCUT2D eigenvalue weighted by molar-refractivity contribution is 0.549. The molecule has 2 heterocycles. The lowest BCUT2D eigenvalue weighted by atomic mass is 10.1. The van der Waals surface area contributed by atoms with E-state index in [4.69, 9.17) is 10.8 Å². The topological polar surface area (TPSA) is 90.9 Å². The van der Waals surface area contributed by atoms with Gasteiger partial charge in [0.15, 0.2) is 15.7 Å². The van der Waals surface area contributed by atoms with Crippen LogP contribution >= 0.6 is 0 Å². The maximum Gasteiger partial charge on any atom is 0.178 e. The van der Waals surface area contributed by atoms with Gasteiger partial charge in [0, 0.05) is 23.0 Å². The van der Waals surface area contributed by atoms with Crippen molar-refractivity contribution in [1.29, 1.82) is 0 Å². The molecule has 0 amide bonds. The third kappa shape index (κ3) is 3.89. The summed E-state index contributed by atoms with van der Waals surface area (Å²) >= 11 is 0. The third-order valence-corrected chi connectivity index (χ3v) is 7.18. The van der Waals surface area contributed by atoms with Crippen LogP contribution in [0.5, 0.6) is 0 Å². The molecule has 7 heteroatoms. The zero-order chi connectivity index (χ0) is 21.1. The van der Waals surface area contributed by atoms with Crippen molar-refractivity contribution in [3.63, 3.8) is 0 Å². The minimum Gasteiger partial charge on any atom is -0.382 e. The quantitative estimate of drug-likeness (QED) is 0.455. The van der Waals surface area contributed by atoms with Crippen molar-refractivity contribution in [2.24, 2.45) is 0 Å². The standard InChI is InChI=1S/C23H26N4O2S/c1-2-3-15-27-20(14-9-16-30(28,29)17-10-5-4-6-11-17)21-18-12-7-8-13-19(18)25-23(24)22(21)26-27/h4-8,10-13H,2-3,9,14-16H2,1H3,(H2,24,25). The number of sulfone groups is 1. The van der Waals surface area contributed by atoms with Gasteiger partial charge < -0.3 is 5.73 Å². The van der Waals surface area contributed by atoms with Crippen molar-refractivity contribution >= 4 is 37.5 Å². The molecule has 0 saturated heterocycles. The first kappa shape index (κ1) is 20.3. The summed E-state index contributed by atoms with van der Waals surface area (Å²) in [6, 6.07) is 16.5. The molecule has 2 N–H and O–H groups in total. The maximum atomic E-state index is 12.7. The van der Waals surface area contributed by atoms with E-state index in [1.165, 1.54) is 0 Å². The summed E-state index contributed by atoms with van der Waals surface area (Å²) in [5.74, 6) is 0.507. The van der Waals surface area contributed by atoms with E-state index in [0.29, 0.717) is 29.1 Å². The Morgan fingerprint density at radius 2 is 1.73 bits per heavy atom. The lowest BCUT2D eigenvalue weighted by Crippen LogP contribution is -2.10. The molecule has 0 aliphatic carbocycles. The Balaban J connectivity index is 1.71. The van der Waals surface area contributed by atoms with E-state index in [9.17, 15) is 8.42 Å². The monoisotopic (exact) mass is 422 g/mol. The number of pyridine rings is 1. The first-order chi connectivity index (χ1) is 14.5. The predicted molar refractivity (Wildman–Crippen MR) is 121 cm³/mol. The van der Waals surface area contributed by atoms with E-state index < -0.39 is 9.84 Å². The molecule has 4 aromatic rings. The van der Waals surface area contributed by atoms with E-state index in [1.807, 2.05) is 35.0 Å². The molecular formula is C23H26N4O2S. The molecule has 0 bridgehead atoms. The van der Waals surface area contributed by atoms with Gasteiger partial charge in [0.05, 0.1) is 16.2 Å². The summed E-state index contributed by atoms with van der Waals surface area (Å²) in [7, 11) is -3.31. The molecule has 0 saturated carbocycles. The lowest BCUT2D eigenvalue weighted by Gasteiger charge is -2.09. The summed E-state index contributed by atoms with van der Waals surface area (Å²) in [4.78, 5) is 4.87. The van der Waals surface area contributed by atoms with Crippen LogP contribution in [0.4, 0.5) is 5.82 Å². The molecule has 6 nitrogen and oxygen atoms in total.